The molecule has 2 heterocycles. The van der Waals surface area contributed by atoms with Crippen molar-refractivity contribution in [3.05, 3.63) is 90.8 Å². The average Bonchev–Trinajstić information content (AvgIpc) is 3.04. The molecule has 1 atom stereocenters. The third kappa shape index (κ3) is 11.4. The molecule has 0 saturated carbocycles. The van der Waals surface area contributed by atoms with E-state index in [1.165, 1.54) is 12.1 Å². The van der Waals surface area contributed by atoms with Crippen molar-refractivity contribution < 1.29 is 23.1 Å². The molecule has 2 aromatic rings. The number of aliphatic hydroxyl groups is 1. The summed E-state index contributed by atoms with van der Waals surface area (Å²) < 4.78 is 39.7. The number of anilines is 2. The highest BCUT2D eigenvalue weighted by Gasteiger charge is 2.34. The van der Waals surface area contributed by atoms with Crippen LogP contribution in [-0.4, -0.2) is 76.7 Å². The zero-order chi connectivity index (χ0) is 33.5. The Kier molecular flexibility index (Phi) is 14.8. The van der Waals surface area contributed by atoms with Crippen LogP contribution in [0.1, 0.15) is 45.5 Å². The minimum absolute atomic E-state index is 0.0238. The number of nitrogens with zero attached hydrogens (tertiary/aromatic N) is 4. The van der Waals surface area contributed by atoms with Gasteiger partial charge in [0.2, 0.25) is 5.91 Å². The standard InChI is InChI=1S/C31H40F3N7O2.C2H6/c1-4-7-24(29-37-12-6-13-38-29)8-5-15-40-16-18-41(19-17-40)28(43)21-36-14-11-30(3,22-42)23(2)39-25-9-10-27(35)26(20-25)31(32,33)34;1-2/h4-10,12-13,15,20,36,39,42H,2,11,14,16-19,21-22,35H2,1,3H3;1-2H3/b7-4-,15-5+,24-8+;. The molecule has 12 heteroatoms. The van der Waals surface area contributed by atoms with E-state index < -0.39 is 17.2 Å². The Morgan fingerprint density at radius 2 is 1.82 bits per heavy atom. The zero-order valence-corrected chi connectivity index (χ0v) is 26.6. The number of carbonyl (C=O) groups is 1. The number of alkyl halides is 3. The fourth-order valence-corrected chi connectivity index (χ4v) is 4.42. The summed E-state index contributed by atoms with van der Waals surface area (Å²) in [7, 11) is 0. The van der Waals surface area contributed by atoms with E-state index in [0.29, 0.717) is 50.7 Å². The topological polar surface area (TPSA) is 120 Å². The van der Waals surface area contributed by atoms with Crippen molar-refractivity contribution >= 4 is 22.9 Å². The Labute approximate surface area is 264 Å². The molecule has 0 radical (unpaired) electrons. The first-order valence-corrected chi connectivity index (χ1v) is 15.0. The molecule has 1 aromatic carbocycles. The van der Waals surface area contributed by atoms with Gasteiger partial charge >= 0.3 is 6.18 Å². The molecule has 3 rings (SSSR count). The molecule has 1 aliphatic heterocycles. The van der Waals surface area contributed by atoms with Gasteiger partial charge in [0.25, 0.3) is 0 Å². The lowest BCUT2D eigenvalue weighted by molar-refractivity contribution is -0.137. The van der Waals surface area contributed by atoms with E-state index in [-0.39, 0.29) is 30.4 Å². The maximum Gasteiger partial charge on any atom is 0.418 e. The Hall–Kier alpha value is -4.16. The van der Waals surface area contributed by atoms with Gasteiger partial charge in [-0.1, -0.05) is 39.5 Å². The van der Waals surface area contributed by atoms with Crippen molar-refractivity contribution in [2.75, 3.05) is 56.9 Å². The van der Waals surface area contributed by atoms with Crippen LogP contribution >= 0.6 is 0 Å². The largest absolute Gasteiger partial charge is 0.418 e. The lowest BCUT2D eigenvalue weighted by Gasteiger charge is -2.34. The fraction of sp³-hybridized carbons (Fsp3) is 0.424. The Balaban J connectivity index is 0.00000345. The third-order valence-electron chi connectivity index (χ3n) is 7.27. The maximum absolute atomic E-state index is 13.2. The van der Waals surface area contributed by atoms with Crippen LogP contribution in [-0.2, 0) is 11.0 Å². The second-order valence-electron chi connectivity index (χ2n) is 10.5. The van der Waals surface area contributed by atoms with E-state index in [9.17, 15) is 23.1 Å². The summed E-state index contributed by atoms with van der Waals surface area (Å²) in [5, 5.41) is 16.0. The second kappa shape index (κ2) is 18.0. The van der Waals surface area contributed by atoms with Crippen LogP contribution < -0.4 is 16.4 Å². The van der Waals surface area contributed by atoms with Crippen LogP contribution in [0.3, 0.4) is 0 Å². The summed E-state index contributed by atoms with van der Waals surface area (Å²) in [4.78, 5) is 25.3. The minimum atomic E-state index is -4.59. The maximum atomic E-state index is 13.2. The highest BCUT2D eigenvalue weighted by molar-refractivity contribution is 5.78. The number of nitrogen functional groups attached to an aromatic ring is 1. The molecule has 1 aromatic heterocycles. The van der Waals surface area contributed by atoms with Crippen molar-refractivity contribution in [1.29, 1.82) is 0 Å². The number of nitrogens with one attached hydrogen (secondary N) is 2. The van der Waals surface area contributed by atoms with Gasteiger partial charge in [-0.15, -0.1) is 0 Å². The van der Waals surface area contributed by atoms with Crippen molar-refractivity contribution in [2.45, 2.75) is 40.3 Å². The molecular formula is C33H46F3N7O2. The smallest absolute Gasteiger partial charge is 0.398 e. The summed E-state index contributed by atoms with van der Waals surface area (Å²) in [6.07, 6.45) is 9.01. The molecular weight excluding hydrogens is 583 g/mol. The fourth-order valence-electron chi connectivity index (χ4n) is 4.42. The first kappa shape index (κ1) is 37.0. The number of allylic oxidation sites excluding steroid dienone is 5. The lowest BCUT2D eigenvalue weighted by Crippen LogP contribution is -2.49. The highest BCUT2D eigenvalue weighted by atomic mass is 19.4. The van der Waals surface area contributed by atoms with Crippen molar-refractivity contribution in [3.8, 4) is 0 Å². The Morgan fingerprint density at radius 3 is 2.42 bits per heavy atom. The SMILES string of the molecule is C=C(Nc1ccc(N)c(C(F)(F)F)c1)C(C)(CO)CCNCC(=O)N1CCN(/C=C/C=C(\C=C/C)c2ncccn2)CC1.CC. The molecule has 0 spiro atoms. The molecule has 1 unspecified atom stereocenters. The molecule has 9 nitrogen and oxygen atoms in total. The van der Waals surface area contributed by atoms with Gasteiger partial charge in [-0.05, 0) is 62.5 Å². The van der Waals surface area contributed by atoms with Crippen LogP contribution in [0.4, 0.5) is 24.5 Å². The molecule has 0 bridgehead atoms. The predicted molar refractivity (Wildman–Crippen MR) is 175 cm³/mol. The molecule has 1 amide bonds. The number of aromatic nitrogens is 2. The lowest BCUT2D eigenvalue weighted by atomic mass is 9.84. The molecule has 1 aliphatic rings. The van der Waals surface area contributed by atoms with Crippen molar-refractivity contribution in [2.24, 2.45) is 5.41 Å². The molecule has 5 N–H and O–H groups in total. The minimum Gasteiger partial charge on any atom is -0.398 e. The van der Waals surface area contributed by atoms with Gasteiger partial charge in [-0.2, -0.15) is 13.2 Å². The highest BCUT2D eigenvalue weighted by Crippen LogP contribution is 2.36. The number of benzene rings is 1. The van der Waals surface area contributed by atoms with Crippen LogP contribution in [0, 0.1) is 5.41 Å². The van der Waals surface area contributed by atoms with Gasteiger partial charge in [0.05, 0.1) is 18.7 Å². The van der Waals surface area contributed by atoms with Gasteiger partial charge in [0, 0.05) is 66.6 Å². The van der Waals surface area contributed by atoms with E-state index in [2.05, 4.69) is 32.1 Å². The summed E-state index contributed by atoms with van der Waals surface area (Å²) in [5.41, 5.74) is 4.74. The Morgan fingerprint density at radius 1 is 1.16 bits per heavy atom. The van der Waals surface area contributed by atoms with E-state index in [0.717, 1.165) is 11.6 Å². The molecule has 1 saturated heterocycles. The number of amides is 1. The van der Waals surface area contributed by atoms with Crippen LogP contribution in [0.2, 0.25) is 0 Å². The number of rotatable bonds is 13. The molecule has 0 aliphatic carbocycles. The average molecular weight is 630 g/mol. The predicted octanol–water partition coefficient (Wildman–Crippen LogP) is 5.33. The van der Waals surface area contributed by atoms with Crippen LogP contribution in [0.25, 0.3) is 5.57 Å². The number of carbonyl (C=O) groups excluding carboxylic acids is 1. The summed E-state index contributed by atoms with van der Waals surface area (Å²) in [6.45, 7) is 14.5. The molecule has 1 fully saturated rings. The normalized spacial score (nSPS) is 15.5. The second-order valence-corrected chi connectivity index (χ2v) is 10.5. The number of hydrogen-bond acceptors (Lipinski definition) is 8. The van der Waals surface area contributed by atoms with Gasteiger partial charge in [-0.25, -0.2) is 9.97 Å². The van der Waals surface area contributed by atoms with Crippen molar-refractivity contribution in [3.63, 3.8) is 0 Å². The number of hydrogen-bond donors (Lipinski definition) is 4. The van der Waals surface area contributed by atoms with Gasteiger partial charge < -0.3 is 31.3 Å². The van der Waals surface area contributed by atoms with Gasteiger partial charge in [-0.3, -0.25) is 4.79 Å². The third-order valence-corrected chi connectivity index (χ3v) is 7.27. The van der Waals surface area contributed by atoms with Crippen molar-refractivity contribution in [1.82, 2.24) is 25.1 Å². The summed E-state index contributed by atoms with van der Waals surface area (Å²) >= 11 is 0. The number of nitrogens with two attached hydrogens (primary N) is 1. The summed E-state index contributed by atoms with van der Waals surface area (Å²) in [6, 6.07) is 5.30. The van der Waals surface area contributed by atoms with Gasteiger partial charge in [0.1, 0.15) is 0 Å². The van der Waals surface area contributed by atoms with Gasteiger partial charge in [0.15, 0.2) is 5.82 Å². The van der Waals surface area contributed by atoms with E-state index in [1.54, 1.807) is 30.3 Å². The van der Waals surface area contributed by atoms with E-state index in [4.69, 9.17) is 5.73 Å². The Bertz CT molecular complexity index is 1320. The van der Waals surface area contributed by atoms with Crippen LogP contribution in [0.15, 0.2) is 79.4 Å². The monoisotopic (exact) mass is 629 g/mol. The van der Waals surface area contributed by atoms with Crippen LogP contribution in [0.5, 0.6) is 0 Å². The van der Waals surface area contributed by atoms with E-state index >= 15 is 0 Å². The molecule has 246 valence electrons. The first-order valence-electron chi connectivity index (χ1n) is 15.0. The number of halogens is 3. The van der Waals surface area contributed by atoms with E-state index in [1.807, 2.05) is 51.3 Å². The number of aliphatic hydroxyl groups excluding tert-OH is 1. The molecule has 45 heavy (non-hydrogen) atoms. The quantitative estimate of drug-likeness (QED) is 0.134. The first-order chi connectivity index (χ1) is 21.5. The number of piperazine rings is 1. The zero-order valence-electron chi connectivity index (χ0n) is 26.6. The summed E-state index contributed by atoms with van der Waals surface area (Å²) in [5.74, 6) is 0.624.